The van der Waals surface area contributed by atoms with E-state index in [1.54, 1.807) is 67.6 Å². The van der Waals surface area contributed by atoms with E-state index >= 15 is 0 Å². The fourth-order valence-electron chi connectivity index (χ4n) is 9.43. The van der Waals surface area contributed by atoms with Crippen molar-refractivity contribution in [3.63, 3.8) is 0 Å². The molecular weight excluding hydrogens is 1360 g/mol. The summed E-state index contributed by atoms with van der Waals surface area (Å²) in [7, 11) is 0. The van der Waals surface area contributed by atoms with Crippen molar-refractivity contribution in [2.24, 2.45) is 0 Å². The predicted octanol–water partition coefficient (Wildman–Crippen LogP) is 7.70. The number of fused-ring (bicyclic) bond motifs is 5. The van der Waals surface area contributed by atoms with Gasteiger partial charge in [-0.1, -0.05) is 52.3 Å². The number of hydrogen-bond acceptors (Lipinski definition) is 16. The van der Waals surface area contributed by atoms with Gasteiger partial charge < -0.3 is 64.8 Å². The van der Waals surface area contributed by atoms with E-state index in [1.165, 1.54) is 77.8 Å². The topological polar surface area (TPSA) is 321 Å². The van der Waals surface area contributed by atoms with Crippen LogP contribution in [-0.2, 0) is 62.7 Å². The van der Waals surface area contributed by atoms with Gasteiger partial charge >= 0.3 is 127 Å². The first-order valence-corrected chi connectivity index (χ1v) is 30.9. The van der Waals surface area contributed by atoms with Gasteiger partial charge in [-0.05, 0) is 181 Å². The minimum atomic E-state index is -1.000. The first-order chi connectivity index (χ1) is 44.2. The zero-order valence-electron chi connectivity index (χ0n) is 59.3. The van der Waals surface area contributed by atoms with Gasteiger partial charge in [-0.3, -0.25) is 43.2 Å². The van der Waals surface area contributed by atoms with E-state index in [1.807, 2.05) is 98.0 Å². The summed E-state index contributed by atoms with van der Waals surface area (Å²) in [5.74, 6) is -1.92. The van der Waals surface area contributed by atoms with E-state index in [4.69, 9.17) is 29.4 Å². The van der Waals surface area contributed by atoms with Crippen LogP contribution in [0.3, 0.4) is 0 Å². The van der Waals surface area contributed by atoms with Crippen molar-refractivity contribution in [2.45, 2.75) is 147 Å². The third-order valence-corrected chi connectivity index (χ3v) is 13.6. The summed E-state index contributed by atoms with van der Waals surface area (Å²) < 4.78 is 20.4. The van der Waals surface area contributed by atoms with Crippen LogP contribution in [0, 0.1) is 20.8 Å². The molecule has 0 amide bonds. The summed E-state index contributed by atoms with van der Waals surface area (Å²) in [5, 5.41) is 41.0. The fourth-order valence-corrected chi connectivity index (χ4v) is 9.54. The van der Waals surface area contributed by atoms with Crippen LogP contribution in [-0.4, -0.2) is 115 Å². The number of aromatic amines is 2. The number of hydrogen-bond donors (Lipinski definition) is 5. The van der Waals surface area contributed by atoms with Crippen LogP contribution in [0.5, 0.6) is 11.5 Å². The molecule has 5 aromatic carbocycles. The Hall–Kier alpha value is -6.86. The number of ketones is 4. The summed E-state index contributed by atoms with van der Waals surface area (Å²) >= 11 is 2.99. The van der Waals surface area contributed by atoms with Crippen molar-refractivity contribution in [3.8, 4) is 11.5 Å². The second-order valence-corrected chi connectivity index (χ2v) is 25.5. The zero-order chi connectivity index (χ0) is 71.4. The molecule has 0 bridgehead atoms. The van der Waals surface area contributed by atoms with E-state index in [9.17, 15) is 48.6 Å². The van der Waals surface area contributed by atoms with Crippen LogP contribution < -0.4 is 108 Å². The minimum Gasteiger partial charge on any atom is -1.00 e. The number of aliphatic carboxylic acids is 1. The fraction of sp³-hybridized carbons (Fsp3) is 0.319. The number of aryl methyl sites for hydroxylation is 3. The van der Waals surface area contributed by atoms with Gasteiger partial charge in [0.15, 0.2) is 23.1 Å². The van der Waals surface area contributed by atoms with E-state index in [-0.39, 0.29) is 189 Å². The molecule has 25 heteroatoms. The number of carbonyl (C=O) groups is 9. The van der Waals surface area contributed by atoms with E-state index < -0.39 is 23.1 Å². The Bertz CT molecular complexity index is 4290. The molecule has 22 nitrogen and oxygen atoms in total. The average molecular weight is 1450 g/mol. The van der Waals surface area contributed by atoms with Gasteiger partial charge in [0.05, 0.1) is 11.0 Å². The summed E-state index contributed by atoms with van der Waals surface area (Å²) in [4.78, 5) is 109. The molecular formula is C72H86BrK2N5O17. The van der Waals surface area contributed by atoms with E-state index in [2.05, 4.69) is 62.0 Å². The molecule has 0 fully saturated rings. The van der Waals surface area contributed by atoms with Gasteiger partial charge in [0, 0.05) is 105 Å². The number of H-pyrrole nitrogens is 2. The van der Waals surface area contributed by atoms with Crippen molar-refractivity contribution < 1.29 is 188 Å². The maximum Gasteiger partial charge on any atom is 1.00 e. The predicted molar refractivity (Wildman–Crippen MR) is 369 cm³/mol. The second-order valence-electron chi connectivity index (χ2n) is 25.0. The van der Waals surface area contributed by atoms with Crippen molar-refractivity contribution >= 4 is 124 Å². The standard InChI is InChI=1S/C17H21NO3.C16H19NO4.C12H11NO4.C11H11NO.C9H9N.C6H11BrO2.CH2O3.2K.H2.H/c1-11-6-7-13-14(12(2)19)9-18(15(13)8-11)10-16(20)21-17(3,4)5;1-10(18)13-8-17(9-15(20)21-16(2,3)4)14-7-11(19)5-6-12(13)14;1-7(14)10-5-13(6-12(16)17)11-4-8(15)2-3-9(10)11;1-7-3-4-9-10(8(2)13)6-12-11(9)5-7;1-7-2-3-8-4-5-10-9(8)6-7;1-6(2,3)9-5(8)4-7;2-1-4-3;;;;/h6-9H,10H2,1-5H3;5-8,19H,9H2,1-4H3;2-5,15H,6H2,1H3,(H,16,17);3-6,12H,1-2H3;2-6,10H,1H3;4H2,1-3H3;1,3H;;;1H;/q;;;;;;;2*+1;;-1/p-1/i;;;;;;;;;1+1;. The second kappa shape index (κ2) is 39.1. The normalized spacial score (nSPS) is 10.7. The smallest absolute Gasteiger partial charge is 1.00 e. The Balaban J connectivity index is 0.00000117. The molecule has 0 aliphatic heterocycles. The number of benzene rings is 5. The molecule has 510 valence electrons. The summed E-state index contributed by atoms with van der Waals surface area (Å²) in [6.07, 6.45) is 8.59. The van der Waals surface area contributed by atoms with Crippen molar-refractivity contribution in [2.75, 3.05) is 5.33 Å². The molecule has 5 aromatic heterocycles. The molecule has 97 heavy (non-hydrogen) atoms. The number of aromatic nitrogens is 5. The Kier molecular flexibility index (Phi) is 34.7. The Morgan fingerprint density at radius 1 is 0.505 bits per heavy atom. The first kappa shape index (κ1) is 86.2. The molecule has 0 aliphatic rings. The Morgan fingerprint density at radius 3 is 1.23 bits per heavy atom. The molecule has 5 N–H and O–H groups in total. The Morgan fingerprint density at radius 2 is 0.856 bits per heavy atom. The molecule has 5 heterocycles. The molecule has 0 saturated heterocycles. The van der Waals surface area contributed by atoms with Crippen LogP contribution in [0.15, 0.2) is 128 Å². The van der Waals surface area contributed by atoms with E-state index in [0.717, 1.165) is 32.9 Å². The summed E-state index contributed by atoms with van der Waals surface area (Å²) in [6, 6.07) is 29.6. The van der Waals surface area contributed by atoms with Gasteiger partial charge in [-0.2, -0.15) is 0 Å². The number of phenols is 2. The number of rotatable bonds is 12. The number of phenolic OH excluding ortho intramolecular Hbond substituents is 2. The SMILES string of the molecule is CC(=O)c1c[nH]c2cc(C)ccc12.CC(=O)c1cn(CC(=O)O)c2cc(O)ccc12.CC(=O)c1cn(CC(=O)OC(C)(C)C)c2cc(C)ccc12.CC(=O)c1cn(CC(=O)OC(C)(C)C)c2cc(O)ccc12.CC(C)(C)OC(=O)CBr.Cc1ccc2cc[nH]c2c1.O=CO[O-].[2HH].[H-].[K+].[K+]. The number of halogens is 1. The number of nitrogens with zero attached hydrogens (tertiary/aromatic N) is 3. The molecule has 0 aliphatic carbocycles. The number of Topliss-reactive ketones (excluding diaryl/α,β-unsaturated/α-hetero) is 4. The third-order valence-electron chi connectivity index (χ3n) is 13.1. The molecule has 0 saturated carbocycles. The number of ether oxygens (including phenoxy) is 3. The third kappa shape index (κ3) is 28.1. The van der Waals surface area contributed by atoms with Crippen molar-refractivity contribution in [3.05, 3.63) is 167 Å². The molecule has 0 radical (unpaired) electrons. The van der Waals surface area contributed by atoms with Crippen LogP contribution in [0.2, 0.25) is 0 Å². The number of aromatic hydroxyl groups is 2. The average Bonchev–Trinajstić information content (AvgIpc) is 1.66. The maximum atomic E-state index is 12.0. The van der Waals surface area contributed by atoms with Gasteiger partial charge in [0.2, 0.25) is 0 Å². The zero-order valence-corrected chi connectivity index (χ0v) is 66.1. The van der Waals surface area contributed by atoms with Crippen molar-refractivity contribution in [1.82, 2.24) is 23.7 Å². The van der Waals surface area contributed by atoms with Crippen LogP contribution >= 0.6 is 15.9 Å². The number of esters is 3. The molecule has 0 spiro atoms. The quantitative estimate of drug-likeness (QED) is 0.0114. The van der Waals surface area contributed by atoms with Gasteiger partial charge in [-0.25, -0.2) is 0 Å². The number of carbonyl (C=O) groups excluding carboxylic acids is 8. The summed E-state index contributed by atoms with van der Waals surface area (Å²) in [6.45, 7) is 28.2. The minimum absolute atomic E-state index is 0. The monoisotopic (exact) mass is 1450 g/mol. The van der Waals surface area contributed by atoms with E-state index in [0.29, 0.717) is 38.5 Å². The first-order valence-electron chi connectivity index (χ1n) is 29.8. The molecule has 0 atom stereocenters. The van der Waals surface area contributed by atoms with Crippen LogP contribution in [0.4, 0.5) is 0 Å². The molecule has 10 rings (SSSR count). The largest absolute Gasteiger partial charge is 1.00 e. The number of carboxylic acid groups (broad SMARTS) is 1. The van der Waals surface area contributed by atoms with Gasteiger partial charge in [0.25, 0.3) is 6.47 Å². The van der Waals surface area contributed by atoms with Gasteiger partial charge in [0.1, 0.15) is 53.3 Å². The number of nitrogens with one attached hydrogen (secondary N) is 2. The Labute approximate surface area is 659 Å². The van der Waals surface area contributed by atoms with Crippen LogP contribution in [0.1, 0.15) is 151 Å². The maximum absolute atomic E-state index is 12.0. The summed E-state index contributed by atoms with van der Waals surface area (Å²) in [5.41, 5.74) is 8.84. The van der Waals surface area contributed by atoms with Gasteiger partial charge in [-0.15, -0.1) is 0 Å². The molecule has 0 unspecified atom stereocenters. The van der Waals surface area contributed by atoms with Crippen molar-refractivity contribution in [1.29, 1.82) is 0 Å². The van der Waals surface area contributed by atoms with Crippen LogP contribution in [0.25, 0.3) is 54.5 Å². The number of alkyl halides is 1. The molecule has 10 aromatic rings. The number of carboxylic acids is 1.